The van der Waals surface area contributed by atoms with Crippen molar-refractivity contribution >= 4 is 5.97 Å². The van der Waals surface area contributed by atoms with Crippen molar-refractivity contribution in [2.45, 2.75) is 12.9 Å². The second-order valence-corrected chi connectivity index (χ2v) is 3.05. The molecule has 0 saturated carbocycles. The zero-order chi connectivity index (χ0) is 13.9. The quantitative estimate of drug-likeness (QED) is 0.848. The van der Waals surface area contributed by atoms with Gasteiger partial charge in [0.05, 0.1) is 12.7 Å². The van der Waals surface area contributed by atoms with E-state index in [-0.39, 0.29) is 5.56 Å². The molecular formula is C9H9F3N2O4. The van der Waals surface area contributed by atoms with Gasteiger partial charge in [-0.05, 0) is 0 Å². The Morgan fingerprint density at radius 1 is 1.56 bits per heavy atom. The summed E-state index contributed by atoms with van der Waals surface area (Å²) in [5.74, 6) is -2.79. The number of halogens is 3. The first kappa shape index (κ1) is 14.0. The predicted molar refractivity (Wildman–Crippen MR) is 52.3 cm³/mol. The van der Waals surface area contributed by atoms with E-state index in [0.717, 1.165) is 13.3 Å². The number of hydrogen-bond acceptors (Lipinski definition) is 5. The predicted octanol–water partition coefficient (Wildman–Crippen LogP) is 1.15. The maximum absolute atomic E-state index is 12.2. The molecule has 0 atom stereocenters. The molecule has 1 rings (SSSR count). The van der Waals surface area contributed by atoms with Crippen molar-refractivity contribution in [2.24, 2.45) is 5.73 Å². The summed E-state index contributed by atoms with van der Waals surface area (Å²) in [6.07, 6.45) is -4.15. The third-order valence-electron chi connectivity index (χ3n) is 1.95. The zero-order valence-electron chi connectivity index (χ0n) is 9.11. The van der Waals surface area contributed by atoms with E-state index in [1.807, 2.05) is 0 Å². The number of carboxylic acid groups (broad SMARTS) is 1. The molecule has 0 unspecified atom stereocenters. The fraction of sp³-hybridized carbons (Fsp3) is 0.333. The van der Waals surface area contributed by atoms with E-state index in [9.17, 15) is 18.0 Å². The summed E-state index contributed by atoms with van der Waals surface area (Å²) in [6, 6.07) is 0. The summed E-state index contributed by atoms with van der Waals surface area (Å²) in [6.45, 7) is -0.466. The van der Waals surface area contributed by atoms with Gasteiger partial charge in [-0.1, -0.05) is 0 Å². The van der Waals surface area contributed by atoms with E-state index in [1.165, 1.54) is 0 Å². The molecule has 0 aliphatic rings. The molecule has 100 valence electrons. The van der Waals surface area contributed by atoms with Crippen LogP contribution in [0.5, 0.6) is 11.6 Å². The van der Waals surface area contributed by atoms with Crippen molar-refractivity contribution in [3.63, 3.8) is 0 Å². The Labute approximate surface area is 99.1 Å². The van der Waals surface area contributed by atoms with Crippen molar-refractivity contribution in [1.29, 1.82) is 0 Å². The molecule has 0 aliphatic carbocycles. The number of carbonyl (C=O) groups is 1. The molecular weight excluding hydrogens is 257 g/mol. The van der Waals surface area contributed by atoms with E-state index in [1.54, 1.807) is 0 Å². The van der Waals surface area contributed by atoms with E-state index in [4.69, 9.17) is 10.8 Å². The lowest BCUT2D eigenvalue weighted by Crippen LogP contribution is -2.21. The molecule has 0 saturated heterocycles. The van der Waals surface area contributed by atoms with Gasteiger partial charge in [0.1, 0.15) is 0 Å². The highest BCUT2D eigenvalue weighted by Crippen LogP contribution is 2.35. The van der Waals surface area contributed by atoms with Crippen LogP contribution in [0.15, 0.2) is 6.20 Å². The summed E-state index contributed by atoms with van der Waals surface area (Å²) in [7, 11) is 1.08. The molecule has 0 aliphatic heterocycles. The molecule has 1 aromatic heterocycles. The van der Waals surface area contributed by atoms with Crippen molar-refractivity contribution in [2.75, 3.05) is 7.11 Å². The molecule has 1 aromatic rings. The summed E-state index contributed by atoms with van der Waals surface area (Å²) < 4.78 is 44.9. The molecule has 1 heterocycles. The number of aromatic carboxylic acids is 1. The summed E-state index contributed by atoms with van der Waals surface area (Å²) >= 11 is 0. The Morgan fingerprint density at radius 3 is 2.56 bits per heavy atom. The monoisotopic (exact) mass is 266 g/mol. The average Bonchev–Trinajstić information content (AvgIpc) is 2.26. The fourth-order valence-electron chi connectivity index (χ4n) is 1.26. The van der Waals surface area contributed by atoms with E-state index < -0.39 is 36.1 Å². The van der Waals surface area contributed by atoms with Gasteiger partial charge >= 0.3 is 12.3 Å². The molecule has 0 radical (unpaired) electrons. The van der Waals surface area contributed by atoms with Crippen LogP contribution < -0.4 is 15.2 Å². The Morgan fingerprint density at radius 2 is 2.17 bits per heavy atom. The van der Waals surface area contributed by atoms with Gasteiger partial charge in [0.25, 0.3) is 5.88 Å². The maximum atomic E-state index is 12.2. The normalized spacial score (nSPS) is 11.2. The first-order valence-corrected chi connectivity index (χ1v) is 4.55. The SMILES string of the molecule is COc1ncc(C(=O)O)c(CN)c1OC(F)(F)F. The van der Waals surface area contributed by atoms with Gasteiger partial charge in [-0.15, -0.1) is 13.2 Å². The van der Waals surface area contributed by atoms with E-state index in [2.05, 4.69) is 14.5 Å². The first-order valence-electron chi connectivity index (χ1n) is 4.55. The number of aromatic nitrogens is 1. The number of nitrogens with two attached hydrogens (primary N) is 1. The summed E-state index contributed by atoms with van der Waals surface area (Å²) in [4.78, 5) is 14.3. The van der Waals surface area contributed by atoms with Crippen molar-refractivity contribution in [1.82, 2.24) is 4.98 Å². The summed E-state index contributed by atoms with van der Waals surface area (Å²) in [5, 5.41) is 8.81. The molecule has 0 spiro atoms. The highest BCUT2D eigenvalue weighted by atomic mass is 19.4. The molecule has 18 heavy (non-hydrogen) atoms. The second kappa shape index (κ2) is 5.08. The minimum Gasteiger partial charge on any atom is -0.478 e. The van der Waals surface area contributed by atoms with Gasteiger partial charge in [-0.2, -0.15) is 0 Å². The molecule has 3 N–H and O–H groups in total. The van der Waals surface area contributed by atoms with Crippen molar-refractivity contribution < 1.29 is 32.5 Å². The Hall–Kier alpha value is -2.03. The zero-order valence-corrected chi connectivity index (χ0v) is 9.11. The Balaban J connectivity index is 3.41. The highest BCUT2D eigenvalue weighted by molar-refractivity contribution is 5.90. The molecule has 9 heteroatoms. The van der Waals surface area contributed by atoms with E-state index in [0.29, 0.717) is 0 Å². The number of methoxy groups -OCH3 is 1. The number of pyridine rings is 1. The number of ether oxygens (including phenoxy) is 2. The number of carboxylic acids is 1. The first-order chi connectivity index (χ1) is 8.30. The molecule has 0 fully saturated rings. The number of nitrogens with zero attached hydrogens (tertiary/aromatic N) is 1. The van der Waals surface area contributed by atoms with Gasteiger partial charge in [0.15, 0.2) is 5.75 Å². The molecule has 0 bridgehead atoms. The van der Waals surface area contributed by atoms with Crippen LogP contribution in [-0.4, -0.2) is 29.5 Å². The van der Waals surface area contributed by atoms with Gasteiger partial charge < -0.3 is 20.3 Å². The van der Waals surface area contributed by atoms with Crippen LogP contribution in [0.3, 0.4) is 0 Å². The number of alkyl halides is 3. The maximum Gasteiger partial charge on any atom is 0.573 e. The summed E-state index contributed by atoms with van der Waals surface area (Å²) in [5.41, 5.74) is 4.42. The van der Waals surface area contributed by atoms with E-state index >= 15 is 0 Å². The molecule has 0 amide bonds. The van der Waals surface area contributed by atoms with Gasteiger partial charge in [0.2, 0.25) is 0 Å². The van der Waals surface area contributed by atoms with Crippen molar-refractivity contribution in [3.05, 3.63) is 17.3 Å². The van der Waals surface area contributed by atoms with Crippen LogP contribution in [0.1, 0.15) is 15.9 Å². The van der Waals surface area contributed by atoms with Gasteiger partial charge in [-0.3, -0.25) is 0 Å². The third kappa shape index (κ3) is 3.00. The largest absolute Gasteiger partial charge is 0.573 e. The van der Waals surface area contributed by atoms with Crippen LogP contribution >= 0.6 is 0 Å². The van der Waals surface area contributed by atoms with Crippen LogP contribution in [0.2, 0.25) is 0 Å². The van der Waals surface area contributed by atoms with Gasteiger partial charge in [-0.25, -0.2) is 9.78 Å². The van der Waals surface area contributed by atoms with Gasteiger partial charge in [0, 0.05) is 18.3 Å². The minimum absolute atomic E-state index is 0.341. The third-order valence-corrected chi connectivity index (χ3v) is 1.95. The average molecular weight is 266 g/mol. The number of rotatable bonds is 4. The van der Waals surface area contributed by atoms with Crippen LogP contribution in [0, 0.1) is 0 Å². The lowest BCUT2D eigenvalue weighted by molar-refractivity contribution is -0.275. The number of hydrogen-bond donors (Lipinski definition) is 2. The Bertz CT molecular complexity index is 462. The lowest BCUT2D eigenvalue weighted by Gasteiger charge is -2.16. The molecule has 6 nitrogen and oxygen atoms in total. The van der Waals surface area contributed by atoms with Crippen LogP contribution in [0.4, 0.5) is 13.2 Å². The fourth-order valence-corrected chi connectivity index (χ4v) is 1.26. The topological polar surface area (TPSA) is 94.7 Å². The standard InChI is InChI=1S/C9H9F3N2O4/c1-17-7-6(18-9(10,11)12)4(2-13)5(3-14-7)8(15)16/h3H,2,13H2,1H3,(H,15,16). The van der Waals surface area contributed by atoms with Crippen LogP contribution in [0.25, 0.3) is 0 Å². The molecule has 0 aromatic carbocycles. The van der Waals surface area contributed by atoms with Crippen LogP contribution in [-0.2, 0) is 6.54 Å². The smallest absolute Gasteiger partial charge is 0.478 e. The Kier molecular flexibility index (Phi) is 3.96. The van der Waals surface area contributed by atoms with Crippen molar-refractivity contribution in [3.8, 4) is 11.6 Å². The highest BCUT2D eigenvalue weighted by Gasteiger charge is 2.35. The second-order valence-electron chi connectivity index (χ2n) is 3.05. The lowest BCUT2D eigenvalue weighted by atomic mass is 10.1. The minimum atomic E-state index is -5.00.